The molecule has 4 rings (SSSR count). The van der Waals surface area contributed by atoms with Gasteiger partial charge in [-0.25, -0.2) is 14.8 Å². The van der Waals surface area contributed by atoms with E-state index in [1.54, 1.807) is 48.7 Å². The first-order chi connectivity index (χ1) is 14.8. The number of halogens is 3. The number of nitrogens with zero attached hydrogens (tertiary/aromatic N) is 3. The molecule has 0 aliphatic heterocycles. The summed E-state index contributed by atoms with van der Waals surface area (Å²) in [6, 6.07) is 11.4. The zero-order valence-corrected chi connectivity index (χ0v) is 15.7. The van der Waals surface area contributed by atoms with Gasteiger partial charge in [-0.05, 0) is 29.8 Å². The van der Waals surface area contributed by atoms with Crippen LogP contribution in [0.1, 0.15) is 11.1 Å². The summed E-state index contributed by atoms with van der Waals surface area (Å²) in [6.45, 7) is 0. The van der Waals surface area contributed by atoms with Crippen LogP contribution in [0, 0.1) is 0 Å². The van der Waals surface area contributed by atoms with Crippen LogP contribution in [-0.4, -0.2) is 31.2 Å². The number of fused-ring (bicyclic) bond motifs is 1. The fourth-order valence-corrected chi connectivity index (χ4v) is 2.89. The summed E-state index contributed by atoms with van der Waals surface area (Å²) in [5.41, 5.74) is 1.27. The Balaban J connectivity index is 1.69. The van der Waals surface area contributed by atoms with Gasteiger partial charge < -0.3 is 10.4 Å². The zero-order chi connectivity index (χ0) is 22.0. The molecular formula is C21H14F3N5O2. The van der Waals surface area contributed by atoms with E-state index < -0.39 is 17.7 Å². The summed E-state index contributed by atoms with van der Waals surface area (Å²) >= 11 is 0. The molecule has 2 aromatic carbocycles. The van der Waals surface area contributed by atoms with E-state index in [0.717, 1.165) is 23.2 Å². The number of H-pyrrole nitrogens is 1. The predicted octanol–water partition coefficient (Wildman–Crippen LogP) is 4.88. The van der Waals surface area contributed by atoms with Crippen LogP contribution in [0.15, 0.2) is 60.9 Å². The smallest absolute Gasteiger partial charge is 0.421 e. The van der Waals surface area contributed by atoms with E-state index in [1.165, 1.54) is 6.08 Å². The average molecular weight is 425 g/mol. The van der Waals surface area contributed by atoms with E-state index >= 15 is 0 Å². The largest absolute Gasteiger partial charge is 0.478 e. The highest BCUT2D eigenvalue weighted by molar-refractivity contribution is 5.85. The summed E-state index contributed by atoms with van der Waals surface area (Å²) in [4.78, 5) is 18.6. The number of aliphatic carboxylic acids is 1. The topological polar surface area (TPSA) is 104 Å². The number of carboxylic acids is 1. The van der Waals surface area contributed by atoms with Crippen LogP contribution in [0.25, 0.3) is 28.4 Å². The first-order valence-electron chi connectivity index (χ1n) is 8.95. The highest BCUT2D eigenvalue weighted by atomic mass is 19.4. The van der Waals surface area contributed by atoms with Gasteiger partial charge in [0.25, 0.3) is 0 Å². The third-order valence-electron chi connectivity index (χ3n) is 4.38. The van der Waals surface area contributed by atoms with E-state index in [9.17, 15) is 18.0 Å². The molecule has 0 fully saturated rings. The number of hydrogen-bond acceptors (Lipinski definition) is 5. The van der Waals surface area contributed by atoms with E-state index in [4.69, 9.17) is 5.11 Å². The number of aromatic amines is 1. The number of carbonyl (C=O) groups is 1. The second-order valence-corrected chi connectivity index (χ2v) is 6.54. The Bertz CT molecular complexity index is 1280. The van der Waals surface area contributed by atoms with Crippen LogP contribution in [0.5, 0.6) is 0 Å². The van der Waals surface area contributed by atoms with Gasteiger partial charge in [-0.15, -0.1) is 0 Å². The lowest BCUT2D eigenvalue weighted by Gasteiger charge is -2.14. The second-order valence-electron chi connectivity index (χ2n) is 6.54. The number of carboxylic acid groups (broad SMARTS) is 1. The van der Waals surface area contributed by atoms with Crippen molar-refractivity contribution in [3.63, 3.8) is 0 Å². The second kappa shape index (κ2) is 7.90. The Labute approximate surface area is 173 Å². The van der Waals surface area contributed by atoms with E-state index in [-0.39, 0.29) is 11.6 Å². The molecule has 0 unspecified atom stereocenters. The summed E-state index contributed by atoms with van der Waals surface area (Å²) in [5, 5.41) is 18.8. The molecule has 2 heterocycles. The molecule has 0 amide bonds. The van der Waals surface area contributed by atoms with Crippen LogP contribution >= 0.6 is 0 Å². The fraction of sp³-hybridized carbons (Fsp3) is 0.0476. The van der Waals surface area contributed by atoms with Crippen molar-refractivity contribution in [2.24, 2.45) is 0 Å². The van der Waals surface area contributed by atoms with Gasteiger partial charge in [-0.3, -0.25) is 5.10 Å². The lowest BCUT2D eigenvalue weighted by atomic mass is 10.1. The molecule has 3 N–H and O–H groups in total. The summed E-state index contributed by atoms with van der Waals surface area (Å²) in [7, 11) is 0. The fourth-order valence-electron chi connectivity index (χ4n) is 2.89. The van der Waals surface area contributed by atoms with Crippen molar-refractivity contribution in [1.29, 1.82) is 0 Å². The Hall–Kier alpha value is -4.21. The van der Waals surface area contributed by atoms with Crippen molar-refractivity contribution in [1.82, 2.24) is 20.2 Å². The minimum absolute atomic E-state index is 0.0913. The maximum Gasteiger partial charge on any atom is 0.421 e. The molecule has 0 aliphatic rings. The number of nitrogens with one attached hydrogen (secondary N) is 2. The van der Waals surface area contributed by atoms with Crippen LogP contribution < -0.4 is 5.32 Å². The van der Waals surface area contributed by atoms with Gasteiger partial charge in [0.2, 0.25) is 0 Å². The molecule has 0 spiro atoms. The van der Waals surface area contributed by atoms with E-state index in [1.807, 2.05) is 0 Å². The highest BCUT2D eigenvalue weighted by Gasteiger charge is 2.35. The van der Waals surface area contributed by atoms with Gasteiger partial charge in [0.15, 0.2) is 5.82 Å². The quantitative estimate of drug-likeness (QED) is 0.394. The summed E-state index contributed by atoms with van der Waals surface area (Å²) < 4.78 is 40.5. The van der Waals surface area contributed by atoms with E-state index in [0.29, 0.717) is 16.8 Å². The summed E-state index contributed by atoms with van der Waals surface area (Å²) in [5.74, 6) is -1.37. The zero-order valence-electron chi connectivity index (χ0n) is 15.7. The SMILES string of the molecule is O=C(O)C=Cc1ccc(-c2ncc(C(F)(F)F)c(Nc3ccc4[nH]ncc4c3)n2)cc1. The molecule has 2 aromatic heterocycles. The normalized spacial score (nSPS) is 11.8. The third kappa shape index (κ3) is 4.53. The molecule has 31 heavy (non-hydrogen) atoms. The molecular weight excluding hydrogens is 411 g/mol. The van der Waals surface area contributed by atoms with Gasteiger partial charge in [0.1, 0.15) is 11.4 Å². The lowest BCUT2D eigenvalue weighted by Crippen LogP contribution is -2.12. The number of aromatic nitrogens is 4. The van der Waals surface area contributed by atoms with Crippen molar-refractivity contribution in [3.05, 3.63) is 72.1 Å². The predicted molar refractivity (Wildman–Crippen MR) is 109 cm³/mol. The van der Waals surface area contributed by atoms with Crippen LogP contribution in [-0.2, 0) is 11.0 Å². The van der Waals surface area contributed by atoms with Crippen LogP contribution in [0.2, 0.25) is 0 Å². The molecule has 0 saturated carbocycles. The average Bonchev–Trinajstić information content (AvgIpc) is 3.19. The van der Waals surface area contributed by atoms with E-state index in [2.05, 4.69) is 25.5 Å². The Kier molecular flexibility index (Phi) is 5.12. The van der Waals surface area contributed by atoms with Gasteiger partial charge in [-0.2, -0.15) is 18.3 Å². The highest BCUT2D eigenvalue weighted by Crippen LogP contribution is 2.36. The van der Waals surface area contributed by atoms with Crippen LogP contribution in [0.3, 0.4) is 0 Å². The van der Waals surface area contributed by atoms with Crippen molar-refractivity contribution in [2.45, 2.75) is 6.18 Å². The number of anilines is 2. The summed E-state index contributed by atoms with van der Waals surface area (Å²) in [6.07, 6.45) is 0.0452. The Morgan fingerprint density at radius 2 is 1.87 bits per heavy atom. The van der Waals surface area contributed by atoms with Gasteiger partial charge in [-0.1, -0.05) is 24.3 Å². The monoisotopic (exact) mass is 425 g/mol. The van der Waals surface area contributed by atoms with Crippen molar-refractivity contribution in [2.75, 3.05) is 5.32 Å². The first-order valence-corrected chi connectivity index (χ1v) is 8.95. The minimum Gasteiger partial charge on any atom is -0.478 e. The number of hydrogen-bond donors (Lipinski definition) is 3. The Morgan fingerprint density at radius 3 is 2.58 bits per heavy atom. The van der Waals surface area contributed by atoms with Gasteiger partial charge in [0, 0.05) is 28.9 Å². The van der Waals surface area contributed by atoms with Crippen molar-refractivity contribution >= 4 is 34.5 Å². The van der Waals surface area contributed by atoms with Crippen LogP contribution in [0.4, 0.5) is 24.7 Å². The van der Waals surface area contributed by atoms with Crippen molar-refractivity contribution in [3.8, 4) is 11.4 Å². The third-order valence-corrected chi connectivity index (χ3v) is 4.38. The molecule has 4 aromatic rings. The molecule has 0 saturated heterocycles. The molecule has 7 nitrogen and oxygen atoms in total. The standard InChI is InChI=1S/C21H14F3N5O2/c22-21(23,24)16-11-25-19(13-4-1-12(2-5-13)3-8-18(30)31)28-20(16)27-15-6-7-17-14(9-15)10-26-29-17/h1-11H,(H,26,29)(H,30,31)(H,25,27,28). The molecule has 156 valence electrons. The maximum absolute atomic E-state index is 13.5. The molecule has 0 aliphatic carbocycles. The maximum atomic E-state index is 13.5. The molecule has 0 bridgehead atoms. The molecule has 0 atom stereocenters. The number of alkyl halides is 3. The molecule has 0 radical (unpaired) electrons. The van der Waals surface area contributed by atoms with Crippen molar-refractivity contribution < 1.29 is 23.1 Å². The minimum atomic E-state index is -4.65. The van der Waals surface area contributed by atoms with Gasteiger partial charge in [0.05, 0.1) is 11.7 Å². The Morgan fingerprint density at radius 1 is 1.10 bits per heavy atom. The lowest BCUT2D eigenvalue weighted by molar-refractivity contribution is -0.137. The molecule has 10 heteroatoms. The number of rotatable bonds is 5. The number of benzene rings is 2. The first kappa shape index (κ1) is 20.1. The van der Waals surface area contributed by atoms with Gasteiger partial charge >= 0.3 is 12.1 Å².